The smallest absolute Gasteiger partial charge is 0.317 e. The van der Waals surface area contributed by atoms with Gasteiger partial charge in [-0.2, -0.15) is 0 Å². The predicted octanol–water partition coefficient (Wildman–Crippen LogP) is 2.27. The van der Waals surface area contributed by atoms with Crippen molar-refractivity contribution in [2.45, 2.75) is 47.2 Å². The summed E-state index contributed by atoms with van der Waals surface area (Å²) < 4.78 is 40.3. The molecule has 0 saturated carbocycles. The maximum absolute atomic E-state index is 12.8. The van der Waals surface area contributed by atoms with Crippen molar-refractivity contribution in [3.63, 3.8) is 0 Å². The van der Waals surface area contributed by atoms with Crippen LogP contribution >= 0.6 is 0 Å². The number of ether oxygens (including phenoxy) is 7. The Morgan fingerprint density at radius 2 is 1.37 bits per heavy atom. The molecule has 49 heavy (non-hydrogen) atoms. The van der Waals surface area contributed by atoms with Crippen molar-refractivity contribution in [1.29, 1.82) is 0 Å². The molecule has 1 atom stereocenters. The number of hydrogen-bond acceptors (Lipinski definition) is 11. The number of hydrogen-bond donors (Lipinski definition) is 1. The highest BCUT2D eigenvalue weighted by Crippen LogP contribution is 2.34. The maximum atomic E-state index is 12.8. The molecule has 2 aliphatic rings. The molecule has 278 valence electrons. The first-order valence-electron chi connectivity index (χ1n) is 17.3. The Labute approximate surface area is 291 Å². The Morgan fingerprint density at radius 1 is 0.857 bits per heavy atom. The minimum atomic E-state index is -0.238. The third-order valence-corrected chi connectivity index (χ3v) is 7.78. The first-order valence-corrected chi connectivity index (χ1v) is 17.3. The molecular formula is C34H58N6O9. The summed E-state index contributed by atoms with van der Waals surface area (Å²) in [6.45, 7) is 22.0. The number of nitrogens with one attached hydrogen (secondary N) is 1. The van der Waals surface area contributed by atoms with Gasteiger partial charge in [0.25, 0.3) is 5.91 Å². The highest BCUT2D eigenvalue weighted by molar-refractivity contribution is 5.99. The van der Waals surface area contributed by atoms with Crippen LogP contribution in [-0.4, -0.2) is 149 Å². The highest BCUT2D eigenvalue weighted by atomic mass is 16.6. The molecule has 0 aliphatic carbocycles. The minimum absolute atomic E-state index is 0.00975. The van der Waals surface area contributed by atoms with E-state index in [0.717, 1.165) is 25.1 Å². The standard InChI is InChI=1S/C34H58N6O9/c1-28-6-8-38(25-28)33(42)35-7-10-43-12-14-45-16-18-47-20-22-49-23-21-48-19-17-46-15-13-44-11-9-39-26-30(36-37-39)27-40-29(2)24-31(32(40)41)34(3,4)5/h24,26,28H,2,6-23,25,27H2,1,3-5H3,(H,35,42)/t28-/m0/s1. The number of carbonyl (C=O) groups excluding carboxylic acids is 2. The molecule has 0 unspecified atom stereocenters. The molecule has 0 aromatic carbocycles. The van der Waals surface area contributed by atoms with Crippen molar-refractivity contribution in [1.82, 2.24) is 30.1 Å². The third kappa shape index (κ3) is 16.1. The lowest BCUT2D eigenvalue weighted by Crippen LogP contribution is -2.39. The van der Waals surface area contributed by atoms with E-state index < -0.39 is 0 Å². The van der Waals surface area contributed by atoms with Gasteiger partial charge in [0.05, 0.1) is 112 Å². The summed E-state index contributed by atoms with van der Waals surface area (Å²) in [6, 6.07) is -0.00975. The molecule has 1 aromatic heterocycles. The summed E-state index contributed by atoms with van der Waals surface area (Å²) in [5.41, 5.74) is 1.88. The summed E-state index contributed by atoms with van der Waals surface area (Å²) in [4.78, 5) is 28.2. The van der Waals surface area contributed by atoms with Gasteiger partial charge in [-0.05, 0) is 23.8 Å². The molecule has 15 nitrogen and oxygen atoms in total. The summed E-state index contributed by atoms with van der Waals surface area (Å²) in [7, 11) is 0. The molecule has 3 heterocycles. The minimum Gasteiger partial charge on any atom is -0.377 e. The molecule has 3 rings (SSSR count). The lowest BCUT2D eigenvalue weighted by atomic mass is 9.86. The van der Waals surface area contributed by atoms with E-state index in [4.69, 9.17) is 33.2 Å². The van der Waals surface area contributed by atoms with Crippen LogP contribution < -0.4 is 5.32 Å². The summed E-state index contributed by atoms with van der Waals surface area (Å²) in [6.07, 6.45) is 4.74. The van der Waals surface area contributed by atoms with E-state index in [1.165, 1.54) is 0 Å². The average Bonchev–Trinajstić information content (AvgIpc) is 3.78. The van der Waals surface area contributed by atoms with Gasteiger partial charge >= 0.3 is 6.03 Å². The number of rotatable bonds is 26. The molecule has 1 fully saturated rings. The zero-order valence-corrected chi connectivity index (χ0v) is 30.0. The van der Waals surface area contributed by atoms with Crippen LogP contribution in [0.25, 0.3) is 0 Å². The average molecular weight is 695 g/mol. The van der Waals surface area contributed by atoms with E-state index >= 15 is 0 Å². The normalized spacial score (nSPS) is 16.7. The van der Waals surface area contributed by atoms with Gasteiger partial charge < -0.3 is 48.3 Å². The number of allylic oxidation sites excluding steroid dienone is 1. The monoisotopic (exact) mass is 694 g/mol. The molecule has 2 aliphatic heterocycles. The molecule has 15 heteroatoms. The van der Waals surface area contributed by atoms with Gasteiger partial charge in [0.15, 0.2) is 0 Å². The van der Waals surface area contributed by atoms with Crippen LogP contribution in [0.15, 0.2) is 30.1 Å². The maximum Gasteiger partial charge on any atom is 0.317 e. The zero-order valence-electron chi connectivity index (χ0n) is 30.0. The Balaban J connectivity index is 1.00. The van der Waals surface area contributed by atoms with Crippen LogP contribution in [0.3, 0.4) is 0 Å². The Kier molecular flexibility index (Phi) is 18.8. The van der Waals surface area contributed by atoms with Gasteiger partial charge in [-0.15, -0.1) is 5.10 Å². The van der Waals surface area contributed by atoms with Gasteiger partial charge in [-0.25, -0.2) is 9.48 Å². The fourth-order valence-corrected chi connectivity index (χ4v) is 5.02. The Morgan fingerprint density at radius 3 is 1.84 bits per heavy atom. The van der Waals surface area contributed by atoms with Gasteiger partial charge in [-0.3, -0.25) is 4.79 Å². The lowest BCUT2D eigenvalue weighted by Gasteiger charge is -2.21. The largest absolute Gasteiger partial charge is 0.377 e. The quantitative estimate of drug-likeness (QED) is 0.143. The fraction of sp³-hybridized carbons (Fsp3) is 0.765. The van der Waals surface area contributed by atoms with Crippen LogP contribution in [0.1, 0.15) is 39.8 Å². The van der Waals surface area contributed by atoms with E-state index in [1.54, 1.807) is 9.58 Å². The van der Waals surface area contributed by atoms with Crippen molar-refractivity contribution in [2.24, 2.45) is 11.3 Å². The lowest BCUT2D eigenvalue weighted by molar-refractivity contribution is -0.125. The van der Waals surface area contributed by atoms with E-state index in [9.17, 15) is 9.59 Å². The highest BCUT2D eigenvalue weighted by Gasteiger charge is 2.34. The second-order valence-electron chi connectivity index (χ2n) is 13.0. The number of aromatic nitrogens is 3. The van der Waals surface area contributed by atoms with Crippen molar-refractivity contribution >= 4 is 11.9 Å². The van der Waals surface area contributed by atoms with Crippen molar-refractivity contribution < 1.29 is 42.7 Å². The number of amides is 3. The zero-order chi connectivity index (χ0) is 35.3. The van der Waals surface area contributed by atoms with Crippen molar-refractivity contribution in [3.8, 4) is 0 Å². The van der Waals surface area contributed by atoms with Crippen molar-refractivity contribution in [2.75, 3.05) is 112 Å². The Bertz CT molecular complexity index is 1160. The third-order valence-electron chi connectivity index (χ3n) is 7.78. The summed E-state index contributed by atoms with van der Waals surface area (Å²) in [5.74, 6) is 0.549. The van der Waals surface area contributed by atoms with Crippen LogP contribution in [0.4, 0.5) is 4.79 Å². The van der Waals surface area contributed by atoms with Gasteiger partial charge in [0.1, 0.15) is 5.69 Å². The van der Waals surface area contributed by atoms with Gasteiger partial charge in [0, 0.05) is 30.9 Å². The molecule has 0 spiro atoms. The van der Waals surface area contributed by atoms with Crippen LogP contribution in [0, 0.1) is 11.3 Å². The fourth-order valence-electron chi connectivity index (χ4n) is 5.02. The summed E-state index contributed by atoms with van der Waals surface area (Å²) in [5, 5.41) is 11.2. The molecular weight excluding hydrogens is 636 g/mol. The second kappa shape index (κ2) is 22.7. The number of nitrogens with zero attached hydrogens (tertiary/aromatic N) is 5. The van der Waals surface area contributed by atoms with Crippen LogP contribution in [0.2, 0.25) is 0 Å². The van der Waals surface area contributed by atoms with E-state index in [1.807, 2.05) is 37.9 Å². The van der Waals surface area contributed by atoms with E-state index in [-0.39, 0.29) is 17.4 Å². The first kappa shape index (κ1) is 40.5. The topological polar surface area (TPSA) is 148 Å². The summed E-state index contributed by atoms with van der Waals surface area (Å²) >= 11 is 0. The van der Waals surface area contributed by atoms with Gasteiger partial charge in [0.2, 0.25) is 0 Å². The van der Waals surface area contributed by atoms with E-state index in [2.05, 4.69) is 29.1 Å². The molecule has 1 aromatic rings. The molecule has 1 N–H and O–H groups in total. The van der Waals surface area contributed by atoms with Crippen LogP contribution in [-0.2, 0) is 51.0 Å². The molecule has 3 amide bonds. The van der Waals surface area contributed by atoms with E-state index in [0.29, 0.717) is 129 Å². The molecule has 0 bridgehead atoms. The number of likely N-dealkylation sites (tertiary alicyclic amines) is 1. The molecule has 0 radical (unpaired) electrons. The Hall–Kier alpha value is -2.92. The second-order valence-corrected chi connectivity index (χ2v) is 13.0. The van der Waals surface area contributed by atoms with Gasteiger partial charge in [-0.1, -0.05) is 39.5 Å². The number of urea groups is 1. The predicted molar refractivity (Wildman–Crippen MR) is 182 cm³/mol. The van der Waals surface area contributed by atoms with Crippen molar-refractivity contribution in [3.05, 3.63) is 35.8 Å². The number of carbonyl (C=O) groups is 2. The molecule has 1 saturated heterocycles. The first-order chi connectivity index (χ1) is 23.6. The SMILES string of the molecule is C=C1C=C(C(C)(C)C)C(=O)N1Cc1cn(CCOCCOCCOCCOCCOCCOCCOCCNC(=O)N2CC[C@H](C)C2)nn1. The van der Waals surface area contributed by atoms with Crippen LogP contribution in [0.5, 0.6) is 0 Å².